The second-order valence-electron chi connectivity index (χ2n) is 6.98. The fourth-order valence-electron chi connectivity index (χ4n) is 3.33. The maximum Gasteiger partial charge on any atom is 0.290 e. The summed E-state index contributed by atoms with van der Waals surface area (Å²) in [6.07, 6.45) is 1.74. The first-order valence-corrected chi connectivity index (χ1v) is 9.33. The van der Waals surface area contributed by atoms with Crippen LogP contribution in [0.2, 0.25) is 0 Å². The topological polar surface area (TPSA) is 93.7 Å². The molecule has 2 aromatic heterocycles. The number of pyridine rings is 1. The first kappa shape index (κ1) is 18.7. The molecule has 1 aromatic carbocycles. The Morgan fingerprint density at radius 1 is 1.07 bits per heavy atom. The predicted octanol–water partition coefficient (Wildman–Crippen LogP) is 1.85. The molecule has 1 saturated heterocycles. The molecular weight excluding hydrogens is 368 g/mol. The van der Waals surface area contributed by atoms with Crippen LogP contribution in [0.1, 0.15) is 26.7 Å². The van der Waals surface area contributed by atoms with Crippen LogP contribution in [0.5, 0.6) is 0 Å². The van der Waals surface area contributed by atoms with Crippen molar-refractivity contribution in [2.24, 2.45) is 0 Å². The van der Waals surface area contributed by atoms with E-state index in [-0.39, 0.29) is 17.4 Å². The number of hydrogen-bond donors (Lipinski definition) is 1. The summed E-state index contributed by atoms with van der Waals surface area (Å²) in [5.41, 5.74) is 1.82. The molecule has 0 atom stereocenters. The van der Waals surface area contributed by atoms with Crippen LogP contribution in [-0.4, -0.2) is 64.2 Å². The van der Waals surface area contributed by atoms with Gasteiger partial charge in [0.15, 0.2) is 5.69 Å². The number of rotatable bonds is 3. The fraction of sp³-hybridized carbons (Fsp3) is 0.238. The smallest absolute Gasteiger partial charge is 0.290 e. The second-order valence-corrected chi connectivity index (χ2v) is 6.98. The largest absolute Gasteiger partial charge is 0.333 e. The number of benzene rings is 1. The molecule has 29 heavy (non-hydrogen) atoms. The third kappa shape index (κ3) is 3.68. The van der Waals surface area contributed by atoms with Gasteiger partial charge in [0.25, 0.3) is 11.8 Å². The van der Waals surface area contributed by atoms with E-state index in [1.807, 2.05) is 13.1 Å². The molecular formula is C21H20N6O2. The lowest BCUT2D eigenvalue weighted by Crippen LogP contribution is -2.47. The SMILES string of the molecule is CN1CCN(C(=O)c2nc(C(=O)Nc3ccc(C#N)cc3)c3ccccn23)CC1. The minimum atomic E-state index is -0.407. The van der Waals surface area contributed by atoms with Crippen molar-refractivity contribution in [1.82, 2.24) is 19.2 Å². The van der Waals surface area contributed by atoms with Gasteiger partial charge in [0.1, 0.15) is 0 Å². The van der Waals surface area contributed by atoms with Crippen LogP contribution in [0, 0.1) is 11.3 Å². The van der Waals surface area contributed by atoms with Crippen LogP contribution in [0.15, 0.2) is 48.7 Å². The van der Waals surface area contributed by atoms with E-state index >= 15 is 0 Å². The van der Waals surface area contributed by atoms with Gasteiger partial charge in [-0.3, -0.25) is 14.0 Å². The molecule has 146 valence electrons. The van der Waals surface area contributed by atoms with E-state index in [1.165, 1.54) is 0 Å². The van der Waals surface area contributed by atoms with E-state index in [2.05, 4.69) is 15.2 Å². The maximum absolute atomic E-state index is 13.0. The van der Waals surface area contributed by atoms with Crippen molar-refractivity contribution in [3.05, 3.63) is 65.7 Å². The summed E-state index contributed by atoms with van der Waals surface area (Å²) >= 11 is 0. The van der Waals surface area contributed by atoms with Crippen LogP contribution >= 0.6 is 0 Å². The number of nitrogens with one attached hydrogen (secondary N) is 1. The zero-order valence-corrected chi connectivity index (χ0v) is 16.0. The minimum absolute atomic E-state index is 0.184. The number of nitrogens with zero attached hydrogens (tertiary/aromatic N) is 5. The van der Waals surface area contributed by atoms with Gasteiger partial charge in [-0.1, -0.05) is 6.07 Å². The normalized spacial score (nSPS) is 14.6. The number of fused-ring (bicyclic) bond motifs is 1. The number of nitriles is 1. The summed E-state index contributed by atoms with van der Waals surface area (Å²) in [6.45, 7) is 2.87. The number of hydrogen-bond acceptors (Lipinski definition) is 5. The monoisotopic (exact) mass is 388 g/mol. The maximum atomic E-state index is 13.0. The van der Waals surface area contributed by atoms with Gasteiger partial charge in [-0.05, 0) is 43.4 Å². The highest BCUT2D eigenvalue weighted by atomic mass is 16.2. The van der Waals surface area contributed by atoms with Crippen molar-refractivity contribution < 1.29 is 9.59 Å². The van der Waals surface area contributed by atoms with Crippen molar-refractivity contribution in [3.8, 4) is 6.07 Å². The van der Waals surface area contributed by atoms with Crippen molar-refractivity contribution in [1.29, 1.82) is 5.26 Å². The highest BCUT2D eigenvalue weighted by molar-refractivity contribution is 6.09. The van der Waals surface area contributed by atoms with E-state index in [1.54, 1.807) is 58.0 Å². The number of carbonyl (C=O) groups excluding carboxylic acids is 2. The van der Waals surface area contributed by atoms with E-state index in [0.717, 1.165) is 13.1 Å². The molecule has 0 aliphatic carbocycles. The lowest BCUT2D eigenvalue weighted by Gasteiger charge is -2.31. The number of imidazole rings is 1. The Morgan fingerprint density at radius 2 is 1.79 bits per heavy atom. The lowest BCUT2D eigenvalue weighted by molar-refractivity contribution is 0.0651. The molecule has 8 heteroatoms. The zero-order chi connectivity index (χ0) is 20.4. The summed E-state index contributed by atoms with van der Waals surface area (Å²) in [4.78, 5) is 34.2. The van der Waals surface area contributed by atoms with Gasteiger partial charge < -0.3 is 15.1 Å². The van der Waals surface area contributed by atoms with Crippen LogP contribution in [0.25, 0.3) is 5.52 Å². The highest BCUT2D eigenvalue weighted by Crippen LogP contribution is 2.18. The summed E-state index contributed by atoms with van der Waals surface area (Å²) in [6, 6.07) is 14.0. The van der Waals surface area contributed by atoms with Crippen LogP contribution < -0.4 is 5.32 Å². The minimum Gasteiger partial charge on any atom is -0.333 e. The third-order valence-electron chi connectivity index (χ3n) is 5.02. The van der Waals surface area contributed by atoms with Crippen molar-refractivity contribution in [2.75, 3.05) is 38.5 Å². The molecule has 0 unspecified atom stereocenters. The fourth-order valence-corrected chi connectivity index (χ4v) is 3.33. The molecule has 4 rings (SSSR count). The van der Waals surface area contributed by atoms with E-state index in [0.29, 0.717) is 29.9 Å². The molecule has 2 amide bonds. The Bertz CT molecular complexity index is 1100. The summed E-state index contributed by atoms with van der Waals surface area (Å²) in [7, 11) is 2.03. The molecule has 3 heterocycles. The zero-order valence-electron chi connectivity index (χ0n) is 16.0. The first-order valence-electron chi connectivity index (χ1n) is 9.33. The van der Waals surface area contributed by atoms with E-state index < -0.39 is 5.91 Å². The van der Waals surface area contributed by atoms with Crippen molar-refractivity contribution >= 4 is 23.0 Å². The average Bonchev–Trinajstić information content (AvgIpc) is 3.14. The molecule has 0 radical (unpaired) electrons. The Morgan fingerprint density at radius 3 is 2.48 bits per heavy atom. The van der Waals surface area contributed by atoms with Gasteiger partial charge in [-0.2, -0.15) is 5.26 Å². The Hall–Kier alpha value is -3.70. The summed E-state index contributed by atoms with van der Waals surface area (Å²) in [5.74, 6) is -0.359. The van der Waals surface area contributed by atoms with Crippen molar-refractivity contribution in [2.45, 2.75) is 0 Å². The number of likely N-dealkylation sites (N-methyl/N-ethyl adjacent to an activating group) is 1. The Balaban J connectivity index is 1.64. The molecule has 8 nitrogen and oxygen atoms in total. The number of anilines is 1. The molecule has 0 spiro atoms. The number of aromatic nitrogens is 2. The summed E-state index contributed by atoms with van der Waals surface area (Å²) in [5, 5.41) is 11.7. The molecule has 0 saturated carbocycles. The van der Waals surface area contributed by atoms with Gasteiger partial charge in [-0.25, -0.2) is 4.98 Å². The molecule has 1 aliphatic heterocycles. The molecule has 0 bridgehead atoms. The first-order chi connectivity index (χ1) is 14.1. The molecule has 1 N–H and O–H groups in total. The lowest BCUT2D eigenvalue weighted by atomic mass is 10.2. The van der Waals surface area contributed by atoms with Crippen LogP contribution in [-0.2, 0) is 0 Å². The molecule has 3 aromatic rings. The Labute approximate surface area is 168 Å². The average molecular weight is 388 g/mol. The van der Waals surface area contributed by atoms with Gasteiger partial charge >= 0.3 is 0 Å². The third-order valence-corrected chi connectivity index (χ3v) is 5.02. The van der Waals surface area contributed by atoms with E-state index in [9.17, 15) is 9.59 Å². The van der Waals surface area contributed by atoms with Crippen LogP contribution in [0.3, 0.4) is 0 Å². The standard InChI is InChI=1S/C21H20N6O2/c1-25-10-12-26(13-11-25)21(29)19-24-18(17-4-2-3-9-27(17)19)20(28)23-16-7-5-15(14-22)6-8-16/h2-9H,10-13H2,1H3,(H,23,28). The van der Waals surface area contributed by atoms with Gasteiger partial charge in [0.2, 0.25) is 5.82 Å². The van der Waals surface area contributed by atoms with Crippen LogP contribution in [0.4, 0.5) is 5.69 Å². The predicted molar refractivity (Wildman–Crippen MR) is 108 cm³/mol. The number of piperazine rings is 1. The van der Waals surface area contributed by atoms with Gasteiger partial charge in [0.05, 0.1) is 17.1 Å². The number of amides is 2. The quantitative estimate of drug-likeness (QED) is 0.739. The highest BCUT2D eigenvalue weighted by Gasteiger charge is 2.27. The molecule has 1 aliphatic rings. The molecule has 1 fully saturated rings. The van der Waals surface area contributed by atoms with Gasteiger partial charge in [-0.15, -0.1) is 0 Å². The number of carbonyl (C=O) groups is 2. The van der Waals surface area contributed by atoms with Gasteiger partial charge in [0, 0.05) is 38.1 Å². The second kappa shape index (κ2) is 7.73. The summed E-state index contributed by atoms with van der Waals surface area (Å²) < 4.78 is 1.66. The Kier molecular flexibility index (Phi) is 4.97. The van der Waals surface area contributed by atoms with E-state index in [4.69, 9.17) is 5.26 Å². The van der Waals surface area contributed by atoms with Crippen molar-refractivity contribution in [3.63, 3.8) is 0 Å².